The number of nitrogens with two attached hydrogens (primary N) is 1. The van der Waals surface area contributed by atoms with E-state index in [0.717, 1.165) is 6.07 Å². The van der Waals surface area contributed by atoms with Crippen molar-refractivity contribution in [2.45, 2.75) is 11.4 Å². The van der Waals surface area contributed by atoms with E-state index in [2.05, 4.69) is 5.32 Å². The molecule has 4 N–H and O–H groups in total. The fourth-order valence-electron chi connectivity index (χ4n) is 1.69. The molecule has 0 unspecified atom stereocenters. The quantitative estimate of drug-likeness (QED) is 0.725. The Morgan fingerprint density at radius 3 is 2.59 bits per heavy atom. The SMILES string of the molecule is NS(=O)(=O)c1cc(C(=O)O)c(NCc2ccco2)cc1Cl.[Cr]. The molecule has 0 atom stereocenters. The average molecular weight is 383 g/mol. The van der Waals surface area contributed by atoms with Gasteiger partial charge in [0.25, 0.3) is 0 Å². The van der Waals surface area contributed by atoms with Gasteiger partial charge < -0.3 is 14.8 Å². The van der Waals surface area contributed by atoms with E-state index in [0.29, 0.717) is 5.76 Å². The molecule has 1 aromatic heterocycles. The molecule has 0 aliphatic rings. The second-order valence-electron chi connectivity index (χ2n) is 4.11. The molecule has 0 bridgehead atoms. The number of primary sulfonamides is 1. The van der Waals surface area contributed by atoms with Crippen molar-refractivity contribution < 1.29 is 40.1 Å². The van der Waals surface area contributed by atoms with Gasteiger partial charge in [-0.15, -0.1) is 0 Å². The van der Waals surface area contributed by atoms with Crippen LogP contribution >= 0.6 is 11.6 Å². The Hall–Kier alpha value is -1.50. The summed E-state index contributed by atoms with van der Waals surface area (Å²) in [6.07, 6.45) is 1.48. The maximum absolute atomic E-state index is 11.3. The Balaban J connectivity index is 0.00000242. The number of carboxylic acid groups (broad SMARTS) is 1. The summed E-state index contributed by atoms with van der Waals surface area (Å²) < 4.78 is 27.8. The summed E-state index contributed by atoms with van der Waals surface area (Å²) in [6.45, 7) is 0.221. The first kappa shape index (κ1) is 18.6. The number of carboxylic acids is 1. The number of anilines is 1. The molecule has 0 aliphatic carbocycles. The van der Waals surface area contributed by atoms with Gasteiger partial charge in [0.2, 0.25) is 10.0 Å². The van der Waals surface area contributed by atoms with Crippen LogP contribution < -0.4 is 10.5 Å². The first-order valence-electron chi connectivity index (χ1n) is 5.65. The van der Waals surface area contributed by atoms with Crippen molar-refractivity contribution >= 4 is 33.3 Å². The van der Waals surface area contributed by atoms with Crippen molar-refractivity contribution in [3.8, 4) is 0 Å². The first-order valence-corrected chi connectivity index (χ1v) is 7.57. The van der Waals surface area contributed by atoms with Gasteiger partial charge >= 0.3 is 5.97 Å². The molecular weight excluding hydrogens is 372 g/mol. The maximum Gasteiger partial charge on any atom is 0.337 e. The van der Waals surface area contributed by atoms with Crippen molar-refractivity contribution in [1.82, 2.24) is 0 Å². The normalized spacial score (nSPS) is 10.8. The number of aromatic carboxylic acids is 1. The Labute approximate surface area is 142 Å². The van der Waals surface area contributed by atoms with Gasteiger partial charge in [-0.05, 0) is 24.3 Å². The van der Waals surface area contributed by atoms with E-state index in [1.54, 1.807) is 12.1 Å². The van der Waals surface area contributed by atoms with E-state index in [1.807, 2.05) is 0 Å². The van der Waals surface area contributed by atoms with Crippen LogP contribution in [0.1, 0.15) is 16.1 Å². The van der Waals surface area contributed by atoms with Crippen LogP contribution in [0, 0.1) is 0 Å². The van der Waals surface area contributed by atoms with E-state index >= 15 is 0 Å². The maximum atomic E-state index is 11.3. The fraction of sp³-hybridized carbons (Fsp3) is 0.0833. The average Bonchev–Trinajstić information content (AvgIpc) is 2.87. The van der Waals surface area contributed by atoms with E-state index in [4.69, 9.17) is 26.3 Å². The first-order chi connectivity index (χ1) is 9.79. The Morgan fingerprint density at radius 2 is 2.09 bits per heavy atom. The van der Waals surface area contributed by atoms with E-state index < -0.39 is 20.9 Å². The molecule has 22 heavy (non-hydrogen) atoms. The van der Waals surface area contributed by atoms with Crippen LogP contribution in [0.25, 0.3) is 0 Å². The molecule has 1 heterocycles. The predicted octanol–water partition coefficient (Wildman–Crippen LogP) is 1.89. The number of rotatable bonds is 5. The summed E-state index contributed by atoms with van der Waals surface area (Å²) in [5.74, 6) is -0.725. The third-order valence-corrected chi connectivity index (χ3v) is 4.02. The van der Waals surface area contributed by atoms with Crippen molar-refractivity contribution in [2.24, 2.45) is 5.14 Å². The molecule has 118 valence electrons. The number of halogens is 1. The summed E-state index contributed by atoms with van der Waals surface area (Å²) in [5, 5.41) is 16.8. The number of carbonyl (C=O) groups is 1. The zero-order valence-corrected chi connectivity index (χ0v) is 13.8. The zero-order valence-electron chi connectivity index (χ0n) is 10.9. The minimum absolute atomic E-state index is 0. The van der Waals surface area contributed by atoms with Crippen molar-refractivity contribution in [2.75, 3.05) is 5.32 Å². The van der Waals surface area contributed by atoms with Gasteiger partial charge in [0, 0.05) is 17.4 Å². The minimum atomic E-state index is -4.11. The predicted molar refractivity (Wildman–Crippen MR) is 75.8 cm³/mol. The summed E-state index contributed by atoms with van der Waals surface area (Å²) in [5.41, 5.74) is -0.0914. The number of furan rings is 1. The molecule has 7 nitrogen and oxygen atoms in total. The fourth-order valence-corrected chi connectivity index (χ4v) is 2.79. The van der Waals surface area contributed by atoms with Crippen molar-refractivity contribution in [1.29, 1.82) is 0 Å². The molecule has 0 saturated carbocycles. The zero-order chi connectivity index (χ0) is 15.6. The van der Waals surface area contributed by atoms with Gasteiger partial charge in [-0.2, -0.15) is 0 Å². The summed E-state index contributed by atoms with van der Waals surface area (Å²) in [7, 11) is -4.11. The Morgan fingerprint density at radius 1 is 1.41 bits per heavy atom. The van der Waals surface area contributed by atoms with Crippen LogP contribution in [0.3, 0.4) is 0 Å². The smallest absolute Gasteiger partial charge is 0.337 e. The molecule has 2 aromatic rings. The molecule has 1 aromatic carbocycles. The minimum Gasteiger partial charge on any atom is -0.478 e. The van der Waals surface area contributed by atoms with Crippen LogP contribution in [-0.4, -0.2) is 19.5 Å². The van der Waals surface area contributed by atoms with Gasteiger partial charge in [-0.3, -0.25) is 0 Å². The molecule has 0 radical (unpaired) electrons. The van der Waals surface area contributed by atoms with Crippen LogP contribution in [0.15, 0.2) is 39.8 Å². The topological polar surface area (TPSA) is 123 Å². The number of hydrogen-bond donors (Lipinski definition) is 3. The van der Waals surface area contributed by atoms with Gasteiger partial charge in [-0.25, -0.2) is 18.4 Å². The van der Waals surface area contributed by atoms with E-state index in [9.17, 15) is 13.2 Å². The Kier molecular flexibility index (Phi) is 6.05. The van der Waals surface area contributed by atoms with E-state index in [1.165, 1.54) is 12.3 Å². The molecule has 0 amide bonds. The molecule has 0 saturated heterocycles. The molecular formula is C12H11ClCrN2O5S. The van der Waals surface area contributed by atoms with Crippen LogP contribution in [0.5, 0.6) is 0 Å². The van der Waals surface area contributed by atoms with Gasteiger partial charge in [0.1, 0.15) is 10.7 Å². The van der Waals surface area contributed by atoms with Crippen molar-refractivity contribution in [3.05, 3.63) is 46.9 Å². The third-order valence-electron chi connectivity index (χ3n) is 2.64. The standard InChI is InChI=1S/C12H11ClN2O5S.Cr/c13-9-5-10(15-6-7-2-1-3-20-7)8(12(16)17)4-11(9)21(14,18)19;/h1-5,15H,6H2,(H,16,17)(H2,14,18,19);. The third kappa shape index (κ3) is 4.25. The van der Waals surface area contributed by atoms with Gasteiger partial charge in [-0.1, -0.05) is 11.6 Å². The summed E-state index contributed by atoms with van der Waals surface area (Å²) >= 11 is 5.84. The number of hydrogen-bond acceptors (Lipinski definition) is 5. The van der Waals surface area contributed by atoms with Crippen LogP contribution in [-0.2, 0) is 33.9 Å². The van der Waals surface area contributed by atoms with Crippen molar-refractivity contribution in [3.63, 3.8) is 0 Å². The number of benzene rings is 1. The summed E-state index contributed by atoms with van der Waals surface area (Å²) in [6, 6.07) is 5.51. The van der Waals surface area contributed by atoms with Gasteiger partial charge in [0.15, 0.2) is 0 Å². The number of nitrogens with one attached hydrogen (secondary N) is 1. The summed E-state index contributed by atoms with van der Waals surface area (Å²) in [4.78, 5) is 10.8. The largest absolute Gasteiger partial charge is 0.478 e. The monoisotopic (exact) mass is 382 g/mol. The molecule has 2 rings (SSSR count). The van der Waals surface area contributed by atoms with Crippen LogP contribution in [0.2, 0.25) is 5.02 Å². The Bertz CT molecular complexity index is 777. The molecule has 0 aliphatic heterocycles. The molecule has 0 spiro atoms. The van der Waals surface area contributed by atoms with E-state index in [-0.39, 0.29) is 40.2 Å². The molecule has 0 fully saturated rings. The van der Waals surface area contributed by atoms with Crippen LogP contribution in [0.4, 0.5) is 5.69 Å². The molecule has 10 heteroatoms. The second kappa shape index (κ2) is 7.18. The number of sulfonamides is 1. The van der Waals surface area contributed by atoms with Gasteiger partial charge in [0.05, 0.1) is 29.1 Å². The second-order valence-corrected chi connectivity index (χ2v) is 6.05.